The summed E-state index contributed by atoms with van der Waals surface area (Å²) in [5.74, 6) is 0. The Bertz CT molecular complexity index is 988. The van der Waals surface area contributed by atoms with Gasteiger partial charge in [-0.2, -0.15) is 0 Å². The van der Waals surface area contributed by atoms with Crippen LogP contribution in [0.2, 0.25) is 0 Å². The van der Waals surface area contributed by atoms with Crippen molar-refractivity contribution in [1.29, 1.82) is 0 Å². The number of hydrogen-bond donors (Lipinski definition) is 2. The van der Waals surface area contributed by atoms with Crippen LogP contribution in [0.1, 0.15) is 42.1 Å². The van der Waals surface area contributed by atoms with Crippen LogP contribution in [0.15, 0.2) is 89.8 Å². The van der Waals surface area contributed by atoms with E-state index in [0.717, 1.165) is 29.7 Å². The molecule has 0 aromatic heterocycles. The molecule has 0 radical (unpaired) electrons. The minimum Gasteiger partial charge on any atom is -0.308 e. The van der Waals surface area contributed by atoms with E-state index in [-0.39, 0.29) is 10.9 Å². The molecule has 0 fully saturated rings. The third-order valence-electron chi connectivity index (χ3n) is 4.88. The smallest absolute Gasteiger partial charge is 0.241 e. The van der Waals surface area contributed by atoms with Gasteiger partial charge in [-0.1, -0.05) is 85.3 Å². The summed E-state index contributed by atoms with van der Waals surface area (Å²) >= 11 is 0. The first-order chi connectivity index (χ1) is 14.0. The number of nitrogens with one attached hydrogen (secondary N) is 2. The molecule has 2 atom stereocenters. The zero-order valence-corrected chi connectivity index (χ0v) is 17.7. The molecule has 0 aliphatic carbocycles. The highest BCUT2D eigenvalue weighted by atomic mass is 32.2. The lowest BCUT2D eigenvalue weighted by Crippen LogP contribution is -2.38. The second-order valence-corrected chi connectivity index (χ2v) is 8.88. The van der Waals surface area contributed by atoms with Crippen molar-refractivity contribution in [2.75, 3.05) is 6.54 Å². The monoisotopic (exact) mass is 408 g/mol. The van der Waals surface area contributed by atoms with Crippen LogP contribution < -0.4 is 10.0 Å². The molecule has 0 spiro atoms. The molecule has 0 aliphatic heterocycles. The Balaban J connectivity index is 2.02. The molecule has 29 heavy (non-hydrogen) atoms. The average molecular weight is 409 g/mol. The van der Waals surface area contributed by atoms with Gasteiger partial charge in [0, 0.05) is 0 Å². The molecule has 4 nitrogen and oxygen atoms in total. The Morgan fingerprint density at radius 3 is 1.79 bits per heavy atom. The van der Waals surface area contributed by atoms with Gasteiger partial charge in [-0.15, -0.1) is 0 Å². The van der Waals surface area contributed by atoms with E-state index in [0.29, 0.717) is 0 Å². The van der Waals surface area contributed by atoms with Crippen molar-refractivity contribution < 1.29 is 8.42 Å². The second kappa shape index (κ2) is 9.83. The van der Waals surface area contributed by atoms with Crippen molar-refractivity contribution in [2.24, 2.45) is 0 Å². The van der Waals surface area contributed by atoms with Crippen LogP contribution in [0.3, 0.4) is 0 Å². The van der Waals surface area contributed by atoms with Crippen LogP contribution in [0.5, 0.6) is 0 Å². The maximum absolute atomic E-state index is 13.2. The van der Waals surface area contributed by atoms with E-state index in [1.807, 2.05) is 79.7 Å². The predicted molar refractivity (Wildman–Crippen MR) is 118 cm³/mol. The predicted octanol–water partition coefficient (Wildman–Crippen LogP) is 4.76. The Morgan fingerprint density at radius 1 is 0.759 bits per heavy atom. The summed E-state index contributed by atoms with van der Waals surface area (Å²) in [5.41, 5.74) is 2.98. The molecule has 0 amide bonds. The van der Waals surface area contributed by atoms with Gasteiger partial charge in [0.1, 0.15) is 0 Å². The number of rotatable bonds is 9. The van der Waals surface area contributed by atoms with Crippen molar-refractivity contribution in [3.63, 3.8) is 0 Å². The SMILES string of the molecule is CCCN[C@H](c1ccccc1)[C@H](NS(=O)(=O)c1ccc(C)cc1)c1ccccc1. The first kappa shape index (κ1) is 21.2. The Hall–Kier alpha value is -2.47. The standard InChI is InChI=1S/C24H28N2O2S/c1-3-18-25-23(20-10-6-4-7-11-20)24(21-12-8-5-9-13-21)26-29(27,28)22-16-14-19(2)15-17-22/h4-17,23-26H,3,18H2,1-2H3/t23-,24-/m1/s1. The summed E-state index contributed by atoms with van der Waals surface area (Å²) in [6.45, 7) is 4.83. The molecular formula is C24H28N2O2S. The zero-order valence-electron chi connectivity index (χ0n) is 16.9. The molecule has 0 saturated carbocycles. The van der Waals surface area contributed by atoms with Gasteiger partial charge in [0.2, 0.25) is 10.0 Å². The van der Waals surface area contributed by atoms with E-state index in [4.69, 9.17) is 0 Å². The summed E-state index contributed by atoms with van der Waals surface area (Å²) in [4.78, 5) is 0.270. The van der Waals surface area contributed by atoms with Gasteiger partial charge < -0.3 is 5.32 Å². The number of benzene rings is 3. The lowest BCUT2D eigenvalue weighted by atomic mass is 9.94. The van der Waals surface area contributed by atoms with Crippen LogP contribution in [0.25, 0.3) is 0 Å². The largest absolute Gasteiger partial charge is 0.308 e. The molecule has 0 aliphatic rings. The van der Waals surface area contributed by atoms with Crippen molar-refractivity contribution in [1.82, 2.24) is 10.0 Å². The summed E-state index contributed by atoms with van der Waals surface area (Å²) in [7, 11) is -3.69. The molecule has 0 saturated heterocycles. The molecule has 0 bridgehead atoms. The maximum atomic E-state index is 13.2. The molecule has 152 valence electrons. The van der Waals surface area contributed by atoms with E-state index in [1.54, 1.807) is 12.1 Å². The van der Waals surface area contributed by atoms with Crippen LogP contribution in [0.4, 0.5) is 0 Å². The summed E-state index contributed by atoms with van der Waals surface area (Å²) < 4.78 is 29.4. The zero-order chi connectivity index (χ0) is 20.7. The van der Waals surface area contributed by atoms with Crippen molar-refractivity contribution in [3.05, 3.63) is 102 Å². The lowest BCUT2D eigenvalue weighted by Gasteiger charge is -2.30. The fourth-order valence-corrected chi connectivity index (χ4v) is 4.57. The van der Waals surface area contributed by atoms with Gasteiger partial charge in [-0.3, -0.25) is 0 Å². The minimum atomic E-state index is -3.69. The highest BCUT2D eigenvalue weighted by molar-refractivity contribution is 7.89. The van der Waals surface area contributed by atoms with Gasteiger partial charge in [0.25, 0.3) is 0 Å². The number of sulfonamides is 1. The Kier molecular flexibility index (Phi) is 7.20. The fourth-order valence-electron chi connectivity index (χ4n) is 3.33. The van der Waals surface area contributed by atoms with Gasteiger partial charge in [0.05, 0.1) is 17.0 Å². The normalized spacial score (nSPS) is 13.7. The number of aryl methyl sites for hydroxylation is 1. The molecular weight excluding hydrogens is 380 g/mol. The van der Waals surface area contributed by atoms with Crippen molar-refractivity contribution in [2.45, 2.75) is 37.2 Å². The minimum absolute atomic E-state index is 0.196. The van der Waals surface area contributed by atoms with Gasteiger partial charge >= 0.3 is 0 Å². The molecule has 5 heteroatoms. The fraction of sp³-hybridized carbons (Fsp3) is 0.250. The van der Waals surface area contributed by atoms with Crippen LogP contribution in [-0.2, 0) is 10.0 Å². The highest BCUT2D eigenvalue weighted by Crippen LogP contribution is 2.30. The summed E-state index contributed by atoms with van der Waals surface area (Å²) in [6, 6.07) is 26.0. The van der Waals surface area contributed by atoms with Crippen LogP contribution in [0, 0.1) is 6.92 Å². The van der Waals surface area contributed by atoms with Gasteiger partial charge in [0.15, 0.2) is 0 Å². The van der Waals surface area contributed by atoms with E-state index in [2.05, 4.69) is 17.0 Å². The molecule has 3 aromatic rings. The molecule has 3 rings (SSSR count). The molecule has 0 heterocycles. The second-order valence-electron chi connectivity index (χ2n) is 7.17. The first-order valence-electron chi connectivity index (χ1n) is 9.93. The van der Waals surface area contributed by atoms with Crippen LogP contribution in [-0.4, -0.2) is 15.0 Å². The highest BCUT2D eigenvalue weighted by Gasteiger charge is 2.29. The summed E-state index contributed by atoms with van der Waals surface area (Å²) in [5, 5.41) is 3.54. The van der Waals surface area contributed by atoms with Gasteiger partial charge in [-0.05, 0) is 43.1 Å². The third kappa shape index (κ3) is 5.54. The molecule has 3 aromatic carbocycles. The van der Waals surface area contributed by atoms with Gasteiger partial charge in [-0.25, -0.2) is 13.1 Å². The quantitative estimate of drug-likeness (QED) is 0.537. The number of hydrogen-bond acceptors (Lipinski definition) is 3. The Morgan fingerprint density at radius 2 is 1.28 bits per heavy atom. The lowest BCUT2D eigenvalue weighted by molar-refractivity contribution is 0.423. The first-order valence-corrected chi connectivity index (χ1v) is 11.4. The Labute approximate surface area is 174 Å². The van der Waals surface area contributed by atoms with E-state index in [1.165, 1.54) is 0 Å². The van der Waals surface area contributed by atoms with Crippen molar-refractivity contribution in [3.8, 4) is 0 Å². The van der Waals surface area contributed by atoms with Crippen LogP contribution >= 0.6 is 0 Å². The average Bonchev–Trinajstić information content (AvgIpc) is 2.75. The molecule has 2 N–H and O–H groups in total. The molecule has 0 unspecified atom stereocenters. The van der Waals surface area contributed by atoms with E-state index < -0.39 is 16.1 Å². The van der Waals surface area contributed by atoms with E-state index in [9.17, 15) is 8.42 Å². The van der Waals surface area contributed by atoms with Crippen molar-refractivity contribution >= 4 is 10.0 Å². The third-order valence-corrected chi connectivity index (χ3v) is 6.34. The summed E-state index contributed by atoms with van der Waals surface area (Å²) in [6.07, 6.45) is 0.954. The maximum Gasteiger partial charge on any atom is 0.241 e. The van der Waals surface area contributed by atoms with E-state index >= 15 is 0 Å². The topological polar surface area (TPSA) is 58.2 Å².